The maximum Gasteiger partial charge on any atom is -0.00196 e. The smallest absolute Gasteiger partial charge is 0.00196 e. The molecule has 1 saturated carbocycles. The number of rotatable bonds is 4. The van der Waals surface area contributed by atoms with Crippen LogP contribution in [0.4, 0.5) is 0 Å². The number of hydrogen-bond acceptors (Lipinski definition) is 1. The maximum atomic E-state index is 2.45. The number of nitrogens with zero attached hydrogens (tertiary/aromatic N) is 1. The van der Waals surface area contributed by atoms with Gasteiger partial charge in [0.2, 0.25) is 0 Å². The van der Waals surface area contributed by atoms with E-state index in [2.05, 4.69) is 39.8 Å². The summed E-state index contributed by atoms with van der Waals surface area (Å²) in [7, 11) is 4.34. The van der Waals surface area contributed by atoms with Gasteiger partial charge in [0.25, 0.3) is 0 Å². The molecule has 0 spiro atoms. The Bertz CT molecular complexity index is 149. The highest BCUT2D eigenvalue weighted by Gasteiger charge is 2.40. The van der Waals surface area contributed by atoms with Crippen molar-refractivity contribution in [3.63, 3.8) is 0 Å². The van der Waals surface area contributed by atoms with Gasteiger partial charge in [-0.25, -0.2) is 0 Å². The molecule has 0 aromatic carbocycles. The molecule has 1 rings (SSSR count). The van der Waals surface area contributed by atoms with Crippen LogP contribution in [0, 0.1) is 17.3 Å². The first-order valence-corrected chi connectivity index (χ1v) is 5.58. The van der Waals surface area contributed by atoms with E-state index in [4.69, 9.17) is 0 Å². The van der Waals surface area contributed by atoms with Crippen LogP contribution >= 0.6 is 0 Å². The average Bonchev–Trinajstić information content (AvgIpc) is 1.95. The first kappa shape index (κ1) is 11.0. The third-order valence-corrected chi connectivity index (χ3v) is 3.62. The van der Waals surface area contributed by atoms with E-state index in [1.165, 1.54) is 25.8 Å². The lowest BCUT2D eigenvalue weighted by Crippen LogP contribution is -2.39. The van der Waals surface area contributed by atoms with E-state index in [1.54, 1.807) is 0 Å². The molecule has 0 bridgehead atoms. The molecule has 1 nitrogen and oxygen atoms in total. The quantitative estimate of drug-likeness (QED) is 0.647. The molecule has 0 N–H and O–H groups in total. The summed E-state index contributed by atoms with van der Waals surface area (Å²) >= 11 is 0. The van der Waals surface area contributed by atoms with Crippen LogP contribution in [0.15, 0.2) is 0 Å². The molecule has 1 fully saturated rings. The van der Waals surface area contributed by atoms with E-state index in [0.29, 0.717) is 5.41 Å². The Hall–Kier alpha value is -0.0400. The molecule has 0 heterocycles. The van der Waals surface area contributed by atoms with E-state index < -0.39 is 0 Å². The first-order chi connectivity index (χ1) is 5.93. The van der Waals surface area contributed by atoms with Gasteiger partial charge >= 0.3 is 0 Å². The zero-order valence-electron chi connectivity index (χ0n) is 9.93. The van der Waals surface area contributed by atoms with Gasteiger partial charge in [-0.3, -0.25) is 0 Å². The Morgan fingerprint density at radius 3 is 2.23 bits per heavy atom. The van der Waals surface area contributed by atoms with Crippen LogP contribution in [-0.4, -0.2) is 25.5 Å². The molecule has 0 aromatic heterocycles. The van der Waals surface area contributed by atoms with E-state index in [9.17, 15) is 0 Å². The molecule has 0 saturated heterocycles. The van der Waals surface area contributed by atoms with Crippen molar-refractivity contribution in [3.8, 4) is 0 Å². The summed E-state index contributed by atoms with van der Waals surface area (Å²) in [5.41, 5.74) is 0.666. The first-order valence-electron chi connectivity index (χ1n) is 5.58. The van der Waals surface area contributed by atoms with Gasteiger partial charge in [-0.1, -0.05) is 20.8 Å². The summed E-state index contributed by atoms with van der Waals surface area (Å²) in [6, 6.07) is 0. The van der Waals surface area contributed by atoms with Crippen LogP contribution in [0.25, 0.3) is 0 Å². The second-order valence-corrected chi connectivity index (χ2v) is 5.78. The third-order valence-electron chi connectivity index (χ3n) is 3.62. The van der Waals surface area contributed by atoms with E-state index in [0.717, 1.165) is 11.8 Å². The largest absolute Gasteiger partial charge is 0.309 e. The van der Waals surface area contributed by atoms with Crippen LogP contribution in [0.1, 0.15) is 40.0 Å². The molecule has 0 aliphatic heterocycles. The van der Waals surface area contributed by atoms with E-state index in [-0.39, 0.29) is 0 Å². The summed E-state index contributed by atoms with van der Waals surface area (Å²) in [6.07, 6.45) is 4.29. The Labute approximate surface area is 83.5 Å². The minimum atomic E-state index is 0.666. The lowest BCUT2D eigenvalue weighted by Gasteiger charge is -2.48. The Balaban J connectivity index is 2.22. The van der Waals surface area contributed by atoms with E-state index >= 15 is 0 Å². The number of hydrogen-bond donors (Lipinski definition) is 0. The summed E-state index contributed by atoms with van der Waals surface area (Å²) < 4.78 is 0. The van der Waals surface area contributed by atoms with Crippen molar-refractivity contribution in [1.29, 1.82) is 0 Å². The Morgan fingerprint density at radius 2 is 1.85 bits per heavy atom. The van der Waals surface area contributed by atoms with Crippen molar-refractivity contribution >= 4 is 0 Å². The summed E-state index contributed by atoms with van der Waals surface area (Å²) in [6.45, 7) is 8.42. The van der Waals surface area contributed by atoms with Crippen molar-refractivity contribution in [3.05, 3.63) is 0 Å². The predicted molar refractivity (Wildman–Crippen MR) is 58.8 cm³/mol. The van der Waals surface area contributed by atoms with Crippen LogP contribution in [0.2, 0.25) is 0 Å². The predicted octanol–water partition coefficient (Wildman–Crippen LogP) is 3.01. The van der Waals surface area contributed by atoms with Crippen molar-refractivity contribution in [2.24, 2.45) is 17.3 Å². The molecule has 1 heteroatoms. The van der Waals surface area contributed by atoms with Crippen molar-refractivity contribution in [2.75, 3.05) is 20.6 Å². The van der Waals surface area contributed by atoms with Gasteiger partial charge in [-0.05, 0) is 57.2 Å². The maximum absolute atomic E-state index is 2.45. The minimum Gasteiger partial charge on any atom is -0.309 e. The van der Waals surface area contributed by atoms with Crippen molar-refractivity contribution in [2.45, 2.75) is 40.0 Å². The fourth-order valence-corrected chi connectivity index (χ4v) is 2.38. The molecule has 0 atom stereocenters. The van der Waals surface area contributed by atoms with Gasteiger partial charge in [0.15, 0.2) is 0 Å². The average molecular weight is 183 g/mol. The lowest BCUT2D eigenvalue weighted by molar-refractivity contribution is 0.0292. The normalized spacial score (nSPS) is 33.9. The highest BCUT2D eigenvalue weighted by atomic mass is 15.0. The topological polar surface area (TPSA) is 3.24 Å². The summed E-state index contributed by atoms with van der Waals surface area (Å²) in [4.78, 5) is 2.30. The third kappa shape index (κ3) is 2.98. The molecular formula is C12H25N. The molecule has 0 unspecified atom stereocenters. The van der Waals surface area contributed by atoms with Crippen molar-refractivity contribution < 1.29 is 0 Å². The van der Waals surface area contributed by atoms with Gasteiger partial charge in [-0.2, -0.15) is 0 Å². The molecular weight excluding hydrogens is 158 g/mol. The molecule has 78 valence electrons. The Morgan fingerprint density at radius 1 is 1.31 bits per heavy atom. The monoisotopic (exact) mass is 183 g/mol. The van der Waals surface area contributed by atoms with Gasteiger partial charge < -0.3 is 4.90 Å². The van der Waals surface area contributed by atoms with Gasteiger partial charge in [0.1, 0.15) is 0 Å². The fraction of sp³-hybridized carbons (Fsp3) is 1.00. The molecule has 1 aliphatic carbocycles. The fourth-order valence-electron chi connectivity index (χ4n) is 2.38. The Kier molecular flexibility index (Phi) is 3.39. The van der Waals surface area contributed by atoms with Crippen molar-refractivity contribution in [1.82, 2.24) is 4.90 Å². The van der Waals surface area contributed by atoms with Gasteiger partial charge in [-0.15, -0.1) is 0 Å². The second-order valence-electron chi connectivity index (χ2n) is 5.78. The summed E-state index contributed by atoms with van der Waals surface area (Å²) in [5.74, 6) is 1.90. The highest BCUT2D eigenvalue weighted by molar-refractivity contribution is 4.91. The van der Waals surface area contributed by atoms with Crippen LogP contribution < -0.4 is 0 Å². The van der Waals surface area contributed by atoms with Gasteiger partial charge in [0.05, 0.1) is 0 Å². The SMILES string of the molecule is CC(C)[C@H]1C[C@](C)(CCN(C)C)C1. The molecule has 0 radical (unpaired) electrons. The van der Waals surface area contributed by atoms with Crippen LogP contribution in [0.5, 0.6) is 0 Å². The zero-order chi connectivity index (χ0) is 10.1. The van der Waals surface area contributed by atoms with Gasteiger partial charge in [0, 0.05) is 0 Å². The zero-order valence-corrected chi connectivity index (χ0v) is 9.93. The molecule has 1 aliphatic rings. The van der Waals surface area contributed by atoms with Crippen LogP contribution in [-0.2, 0) is 0 Å². The molecule has 0 aromatic rings. The summed E-state index contributed by atoms with van der Waals surface area (Å²) in [5, 5.41) is 0. The lowest BCUT2D eigenvalue weighted by atomic mass is 9.58. The van der Waals surface area contributed by atoms with E-state index in [1.807, 2.05) is 0 Å². The van der Waals surface area contributed by atoms with Crippen LogP contribution in [0.3, 0.4) is 0 Å². The molecule has 13 heavy (non-hydrogen) atoms. The standard InChI is InChI=1S/C12H25N/c1-10(2)11-8-12(3,9-11)6-7-13(4)5/h10-11H,6-9H2,1-5H3/t11-,12-. The second kappa shape index (κ2) is 4.00. The highest BCUT2D eigenvalue weighted by Crippen LogP contribution is 2.50. The minimum absolute atomic E-state index is 0.666. The molecule has 0 amide bonds.